The molecule has 3 heteroatoms. The van der Waals surface area contributed by atoms with Crippen molar-refractivity contribution in [1.29, 1.82) is 0 Å². The number of hydrogen-bond acceptors (Lipinski definition) is 2. The fraction of sp³-hybridized carbons (Fsp3) is 0.933. The Labute approximate surface area is 112 Å². The van der Waals surface area contributed by atoms with Gasteiger partial charge in [0.15, 0.2) is 0 Å². The Morgan fingerprint density at radius 3 is 2.61 bits per heavy atom. The molecule has 0 bridgehead atoms. The lowest BCUT2D eigenvalue weighted by Crippen LogP contribution is -2.46. The summed E-state index contributed by atoms with van der Waals surface area (Å²) in [6.07, 6.45) is 4.32. The van der Waals surface area contributed by atoms with Gasteiger partial charge < -0.3 is 10.6 Å². The van der Waals surface area contributed by atoms with E-state index in [4.69, 9.17) is 5.73 Å². The summed E-state index contributed by atoms with van der Waals surface area (Å²) in [6, 6.07) is 0.204. The molecule has 0 radical (unpaired) electrons. The highest BCUT2D eigenvalue weighted by Gasteiger charge is 2.34. The summed E-state index contributed by atoms with van der Waals surface area (Å²) < 4.78 is 0. The van der Waals surface area contributed by atoms with Crippen molar-refractivity contribution in [2.75, 3.05) is 13.1 Å². The van der Waals surface area contributed by atoms with Crippen LogP contribution in [0.5, 0.6) is 0 Å². The van der Waals surface area contributed by atoms with Crippen LogP contribution >= 0.6 is 0 Å². The van der Waals surface area contributed by atoms with Crippen LogP contribution in [-0.4, -0.2) is 29.9 Å². The van der Waals surface area contributed by atoms with Crippen molar-refractivity contribution in [3.63, 3.8) is 0 Å². The summed E-state index contributed by atoms with van der Waals surface area (Å²) >= 11 is 0. The van der Waals surface area contributed by atoms with E-state index in [0.29, 0.717) is 17.7 Å². The van der Waals surface area contributed by atoms with E-state index in [0.717, 1.165) is 38.8 Å². The molecule has 1 aliphatic carbocycles. The average molecular weight is 254 g/mol. The standard InChI is InChI=1S/C15H30N2O/c1-5-11(3)10-17(6-2)15(18)13-8-7-9-14(16)12(13)4/h11-14H,5-10,16H2,1-4H3. The largest absolute Gasteiger partial charge is 0.342 e. The molecule has 1 fully saturated rings. The third-order valence-electron chi connectivity index (χ3n) is 4.60. The molecule has 1 saturated carbocycles. The highest BCUT2D eigenvalue weighted by Crippen LogP contribution is 2.30. The predicted octanol–water partition coefficient (Wildman–Crippen LogP) is 2.64. The SMILES string of the molecule is CCC(C)CN(CC)C(=O)C1CCCC(N)C1C. The summed E-state index contributed by atoms with van der Waals surface area (Å²) in [6.45, 7) is 10.3. The third-order valence-corrected chi connectivity index (χ3v) is 4.60. The Hall–Kier alpha value is -0.570. The maximum Gasteiger partial charge on any atom is 0.226 e. The maximum absolute atomic E-state index is 12.6. The van der Waals surface area contributed by atoms with Crippen LogP contribution in [-0.2, 0) is 4.79 Å². The number of amides is 1. The number of nitrogens with zero attached hydrogens (tertiary/aromatic N) is 1. The zero-order valence-corrected chi connectivity index (χ0v) is 12.5. The molecule has 0 spiro atoms. The van der Waals surface area contributed by atoms with Crippen molar-refractivity contribution in [2.24, 2.45) is 23.5 Å². The van der Waals surface area contributed by atoms with Gasteiger partial charge in [-0.15, -0.1) is 0 Å². The van der Waals surface area contributed by atoms with E-state index in [-0.39, 0.29) is 12.0 Å². The molecule has 0 heterocycles. The van der Waals surface area contributed by atoms with Crippen LogP contribution in [0.2, 0.25) is 0 Å². The molecule has 106 valence electrons. The lowest BCUT2D eigenvalue weighted by molar-refractivity contribution is -0.139. The van der Waals surface area contributed by atoms with Crippen molar-refractivity contribution in [3.05, 3.63) is 0 Å². The third kappa shape index (κ3) is 3.71. The summed E-state index contributed by atoms with van der Waals surface area (Å²) in [7, 11) is 0. The minimum absolute atomic E-state index is 0.151. The van der Waals surface area contributed by atoms with Crippen molar-refractivity contribution < 1.29 is 4.79 Å². The second-order valence-corrected chi connectivity index (χ2v) is 5.95. The zero-order valence-electron chi connectivity index (χ0n) is 12.5. The van der Waals surface area contributed by atoms with Gasteiger partial charge >= 0.3 is 0 Å². The zero-order chi connectivity index (χ0) is 13.7. The Morgan fingerprint density at radius 2 is 2.06 bits per heavy atom. The van der Waals surface area contributed by atoms with Crippen molar-refractivity contribution in [1.82, 2.24) is 4.90 Å². The molecule has 0 aromatic heterocycles. The molecule has 4 atom stereocenters. The van der Waals surface area contributed by atoms with E-state index in [1.54, 1.807) is 0 Å². The van der Waals surface area contributed by atoms with Gasteiger partial charge in [-0.2, -0.15) is 0 Å². The van der Waals surface area contributed by atoms with E-state index in [9.17, 15) is 4.79 Å². The molecular formula is C15H30N2O. The maximum atomic E-state index is 12.6. The van der Waals surface area contributed by atoms with Crippen molar-refractivity contribution in [2.45, 2.75) is 59.4 Å². The van der Waals surface area contributed by atoms with Gasteiger partial charge in [-0.1, -0.05) is 33.6 Å². The Bertz CT molecular complexity index is 267. The molecule has 0 aliphatic heterocycles. The smallest absolute Gasteiger partial charge is 0.226 e. The first-order chi connectivity index (χ1) is 8.51. The highest BCUT2D eigenvalue weighted by molar-refractivity contribution is 5.79. The Morgan fingerprint density at radius 1 is 1.39 bits per heavy atom. The number of nitrogens with two attached hydrogens (primary N) is 1. The van der Waals surface area contributed by atoms with Crippen LogP contribution in [0.4, 0.5) is 0 Å². The van der Waals surface area contributed by atoms with Crippen LogP contribution in [0.3, 0.4) is 0 Å². The summed E-state index contributed by atoms with van der Waals surface area (Å²) in [5.41, 5.74) is 6.10. The number of hydrogen-bond donors (Lipinski definition) is 1. The quantitative estimate of drug-likeness (QED) is 0.820. The van der Waals surface area contributed by atoms with Crippen LogP contribution in [0, 0.1) is 17.8 Å². The van der Waals surface area contributed by atoms with Gasteiger partial charge in [-0.3, -0.25) is 4.79 Å². The highest BCUT2D eigenvalue weighted by atomic mass is 16.2. The van der Waals surface area contributed by atoms with Crippen LogP contribution in [0.25, 0.3) is 0 Å². The molecular weight excluding hydrogens is 224 g/mol. The molecule has 1 rings (SSSR count). The van der Waals surface area contributed by atoms with Crippen molar-refractivity contribution >= 4 is 5.91 Å². The molecule has 18 heavy (non-hydrogen) atoms. The van der Waals surface area contributed by atoms with Crippen molar-refractivity contribution in [3.8, 4) is 0 Å². The van der Waals surface area contributed by atoms with Gasteiger partial charge in [0.25, 0.3) is 0 Å². The Kier molecular flexibility index (Phi) is 6.13. The molecule has 4 unspecified atom stereocenters. The van der Waals surface area contributed by atoms with Gasteiger partial charge in [-0.05, 0) is 31.6 Å². The van der Waals surface area contributed by atoms with Gasteiger partial charge in [0, 0.05) is 25.0 Å². The second kappa shape index (κ2) is 7.13. The number of rotatable bonds is 5. The topological polar surface area (TPSA) is 46.3 Å². The fourth-order valence-electron chi connectivity index (χ4n) is 2.86. The first-order valence-electron chi connectivity index (χ1n) is 7.55. The molecule has 1 aliphatic rings. The van der Waals surface area contributed by atoms with E-state index in [1.807, 2.05) is 4.90 Å². The van der Waals surface area contributed by atoms with Crippen LogP contribution < -0.4 is 5.73 Å². The molecule has 0 saturated heterocycles. The summed E-state index contributed by atoms with van der Waals surface area (Å²) in [5.74, 6) is 1.40. The Balaban J connectivity index is 2.65. The van der Waals surface area contributed by atoms with Crippen LogP contribution in [0.1, 0.15) is 53.4 Å². The average Bonchev–Trinajstić information content (AvgIpc) is 2.38. The first-order valence-corrected chi connectivity index (χ1v) is 7.55. The lowest BCUT2D eigenvalue weighted by atomic mass is 9.76. The monoisotopic (exact) mass is 254 g/mol. The molecule has 0 aromatic carbocycles. The van der Waals surface area contributed by atoms with E-state index in [2.05, 4.69) is 27.7 Å². The minimum atomic E-state index is 0.151. The second-order valence-electron chi connectivity index (χ2n) is 5.95. The molecule has 1 amide bonds. The summed E-state index contributed by atoms with van der Waals surface area (Å²) in [4.78, 5) is 14.6. The minimum Gasteiger partial charge on any atom is -0.342 e. The van der Waals surface area contributed by atoms with Gasteiger partial charge in [0.05, 0.1) is 0 Å². The number of carbonyl (C=O) groups is 1. The normalized spacial score (nSPS) is 29.9. The van der Waals surface area contributed by atoms with Crippen LogP contribution in [0.15, 0.2) is 0 Å². The number of carbonyl (C=O) groups excluding carboxylic acids is 1. The fourth-order valence-corrected chi connectivity index (χ4v) is 2.86. The van der Waals surface area contributed by atoms with Gasteiger partial charge in [0.1, 0.15) is 0 Å². The van der Waals surface area contributed by atoms with Gasteiger partial charge in [0.2, 0.25) is 5.91 Å². The molecule has 3 nitrogen and oxygen atoms in total. The van der Waals surface area contributed by atoms with E-state index >= 15 is 0 Å². The lowest BCUT2D eigenvalue weighted by Gasteiger charge is -2.36. The van der Waals surface area contributed by atoms with E-state index < -0.39 is 0 Å². The van der Waals surface area contributed by atoms with E-state index in [1.165, 1.54) is 0 Å². The summed E-state index contributed by atoms with van der Waals surface area (Å²) in [5, 5.41) is 0. The predicted molar refractivity (Wildman–Crippen MR) is 76.2 cm³/mol. The first kappa shape index (κ1) is 15.5. The molecule has 2 N–H and O–H groups in total. The molecule has 0 aromatic rings. The van der Waals surface area contributed by atoms with Gasteiger partial charge in [-0.25, -0.2) is 0 Å².